The summed E-state index contributed by atoms with van der Waals surface area (Å²) in [5.74, 6) is 0.620. The average Bonchev–Trinajstić information content (AvgIpc) is 2.53. The first-order chi connectivity index (χ1) is 9.78. The Labute approximate surface area is 116 Å². The lowest BCUT2D eigenvalue weighted by molar-refractivity contribution is -0.145. The van der Waals surface area contributed by atoms with Crippen molar-refractivity contribution in [3.63, 3.8) is 0 Å². The molecule has 2 aromatic heterocycles. The molecule has 20 heavy (non-hydrogen) atoms. The van der Waals surface area contributed by atoms with Crippen LogP contribution in [-0.2, 0) is 9.53 Å². The van der Waals surface area contributed by atoms with Crippen LogP contribution in [0.15, 0.2) is 24.5 Å². The molecule has 1 fully saturated rings. The number of carbonyl (C=O) groups is 1. The van der Waals surface area contributed by atoms with Crippen molar-refractivity contribution < 1.29 is 9.53 Å². The lowest BCUT2D eigenvalue weighted by Gasteiger charge is -2.32. The topological polar surface area (TPSA) is 68.2 Å². The monoisotopic (exact) mass is 272 g/mol. The standard InChI is InChI=1S/C14H16N4O2/c1-20-14(19)10-3-2-8-18(9-10)12-5-4-11-13(17-12)16-7-6-15-11/h4-7,10H,2-3,8-9H2,1H3/t10-/m0/s1. The van der Waals surface area contributed by atoms with Crippen molar-refractivity contribution in [2.75, 3.05) is 25.1 Å². The van der Waals surface area contributed by atoms with E-state index in [0.717, 1.165) is 30.7 Å². The van der Waals surface area contributed by atoms with Crippen LogP contribution in [0.5, 0.6) is 0 Å². The minimum absolute atomic E-state index is 0.0758. The van der Waals surface area contributed by atoms with Crippen LogP contribution < -0.4 is 4.90 Å². The third kappa shape index (κ3) is 2.41. The third-order valence-corrected chi connectivity index (χ3v) is 3.60. The number of aromatic nitrogens is 3. The SMILES string of the molecule is COC(=O)[C@H]1CCCN(c2ccc3nccnc3n2)C1. The Morgan fingerprint density at radius 3 is 3.05 bits per heavy atom. The highest BCUT2D eigenvalue weighted by Gasteiger charge is 2.27. The predicted molar refractivity (Wildman–Crippen MR) is 74.3 cm³/mol. The Morgan fingerprint density at radius 1 is 1.35 bits per heavy atom. The molecule has 0 saturated carbocycles. The van der Waals surface area contributed by atoms with E-state index in [-0.39, 0.29) is 11.9 Å². The molecule has 1 atom stereocenters. The molecule has 0 N–H and O–H groups in total. The van der Waals surface area contributed by atoms with Crippen LogP contribution in [0.3, 0.4) is 0 Å². The van der Waals surface area contributed by atoms with Crippen molar-refractivity contribution in [2.24, 2.45) is 5.92 Å². The molecule has 1 aliphatic heterocycles. The molecule has 3 heterocycles. The summed E-state index contributed by atoms with van der Waals surface area (Å²) in [5, 5.41) is 0. The van der Waals surface area contributed by atoms with Gasteiger partial charge < -0.3 is 9.64 Å². The first kappa shape index (κ1) is 12.8. The van der Waals surface area contributed by atoms with Crippen molar-refractivity contribution in [1.29, 1.82) is 0 Å². The fraction of sp³-hybridized carbons (Fsp3) is 0.429. The largest absolute Gasteiger partial charge is 0.469 e. The highest BCUT2D eigenvalue weighted by Crippen LogP contribution is 2.23. The molecular weight excluding hydrogens is 256 g/mol. The van der Waals surface area contributed by atoms with Crippen LogP contribution in [0.2, 0.25) is 0 Å². The van der Waals surface area contributed by atoms with Crippen LogP contribution in [0.4, 0.5) is 5.82 Å². The van der Waals surface area contributed by atoms with Crippen LogP contribution in [-0.4, -0.2) is 41.1 Å². The lowest BCUT2D eigenvalue weighted by atomic mass is 9.98. The second-order valence-electron chi connectivity index (χ2n) is 4.88. The van der Waals surface area contributed by atoms with E-state index in [0.29, 0.717) is 12.2 Å². The van der Waals surface area contributed by atoms with Gasteiger partial charge in [0.2, 0.25) is 0 Å². The van der Waals surface area contributed by atoms with Crippen molar-refractivity contribution in [3.8, 4) is 0 Å². The highest BCUT2D eigenvalue weighted by molar-refractivity contribution is 5.74. The molecule has 0 spiro atoms. The second-order valence-corrected chi connectivity index (χ2v) is 4.88. The van der Waals surface area contributed by atoms with Gasteiger partial charge in [0, 0.05) is 25.5 Å². The zero-order valence-corrected chi connectivity index (χ0v) is 11.3. The Kier molecular flexibility index (Phi) is 3.45. The van der Waals surface area contributed by atoms with Gasteiger partial charge in [-0.15, -0.1) is 0 Å². The molecule has 0 aromatic carbocycles. The van der Waals surface area contributed by atoms with E-state index in [1.165, 1.54) is 7.11 Å². The van der Waals surface area contributed by atoms with Gasteiger partial charge in [-0.1, -0.05) is 0 Å². The number of esters is 1. The van der Waals surface area contributed by atoms with E-state index in [1.54, 1.807) is 12.4 Å². The number of piperidine rings is 1. The van der Waals surface area contributed by atoms with Crippen molar-refractivity contribution in [3.05, 3.63) is 24.5 Å². The maximum atomic E-state index is 11.7. The highest BCUT2D eigenvalue weighted by atomic mass is 16.5. The fourth-order valence-corrected chi connectivity index (χ4v) is 2.56. The molecule has 2 aromatic rings. The minimum atomic E-state index is -0.143. The molecule has 6 heteroatoms. The maximum Gasteiger partial charge on any atom is 0.310 e. The number of pyridine rings is 1. The molecule has 104 valence electrons. The summed E-state index contributed by atoms with van der Waals surface area (Å²) in [4.78, 5) is 26.7. The van der Waals surface area contributed by atoms with E-state index in [4.69, 9.17) is 4.74 Å². The normalized spacial score (nSPS) is 19.1. The minimum Gasteiger partial charge on any atom is -0.469 e. The number of hydrogen-bond acceptors (Lipinski definition) is 6. The van der Waals surface area contributed by atoms with Gasteiger partial charge in [-0.25, -0.2) is 9.97 Å². The van der Waals surface area contributed by atoms with Crippen molar-refractivity contribution >= 4 is 23.0 Å². The van der Waals surface area contributed by atoms with E-state index < -0.39 is 0 Å². The summed E-state index contributed by atoms with van der Waals surface area (Å²) in [6.07, 6.45) is 5.11. The zero-order valence-electron chi connectivity index (χ0n) is 11.3. The Balaban J connectivity index is 1.84. The second kappa shape index (κ2) is 5.40. The zero-order chi connectivity index (χ0) is 13.9. The summed E-state index contributed by atoms with van der Waals surface area (Å²) in [5.41, 5.74) is 1.41. The number of anilines is 1. The number of fused-ring (bicyclic) bond motifs is 1. The van der Waals surface area contributed by atoms with Crippen molar-refractivity contribution in [1.82, 2.24) is 15.0 Å². The van der Waals surface area contributed by atoms with E-state index in [9.17, 15) is 4.79 Å². The predicted octanol–water partition coefficient (Wildman–Crippen LogP) is 1.41. The third-order valence-electron chi connectivity index (χ3n) is 3.60. The molecule has 0 bridgehead atoms. The summed E-state index contributed by atoms with van der Waals surface area (Å²) in [7, 11) is 1.44. The van der Waals surface area contributed by atoms with Crippen LogP contribution in [0.1, 0.15) is 12.8 Å². The van der Waals surface area contributed by atoms with Gasteiger partial charge in [-0.3, -0.25) is 9.78 Å². The van der Waals surface area contributed by atoms with Gasteiger partial charge >= 0.3 is 5.97 Å². The first-order valence-electron chi connectivity index (χ1n) is 6.68. The summed E-state index contributed by atoms with van der Waals surface area (Å²) in [6.45, 7) is 1.54. The smallest absolute Gasteiger partial charge is 0.310 e. The molecule has 0 radical (unpaired) electrons. The van der Waals surface area contributed by atoms with Crippen LogP contribution >= 0.6 is 0 Å². The van der Waals surface area contributed by atoms with Gasteiger partial charge in [0.25, 0.3) is 0 Å². The number of carbonyl (C=O) groups excluding carboxylic acids is 1. The molecule has 1 aliphatic rings. The lowest BCUT2D eigenvalue weighted by Crippen LogP contribution is -2.39. The average molecular weight is 272 g/mol. The summed E-state index contributed by atoms with van der Waals surface area (Å²) in [6, 6.07) is 3.84. The number of hydrogen-bond donors (Lipinski definition) is 0. The van der Waals surface area contributed by atoms with Gasteiger partial charge in [0.15, 0.2) is 5.65 Å². The Morgan fingerprint density at radius 2 is 2.20 bits per heavy atom. The Hall–Kier alpha value is -2.24. The van der Waals surface area contributed by atoms with Crippen molar-refractivity contribution in [2.45, 2.75) is 12.8 Å². The molecule has 3 rings (SSSR count). The molecular formula is C14H16N4O2. The molecule has 0 aliphatic carbocycles. The molecule has 1 saturated heterocycles. The molecule has 6 nitrogen and oxygen atoms in total. The van der Waals surface area contributed by atoms with Gasteiger partial charge in [0.05, 0.1) is 13.0 Å². The van der Waals surface area contributed by atoms with Crippen LogP contribution in [0, 0.1) is 5.92 Å². The van der Waals surface area contributed by atoms with Crippen LogP contribution in [0.25, 0.3) is 11.2 Å². The van der Waals surface area contributed by atoms with Gasteiger partial charge in [-0.05, 0) is 25.0 Å². The number of rotatable bonds is 2. The number of nitrogens with zero attached hydrogens (tertiary/aromatic N) is 4. The summed E-state index contributed by atoms with van der Waals surface area (Å²) < 4.78 is 4.84. The molecule has 0 amide bonds. The molecule has 0 unspecified atom stereocenters. The quantitative estimate of drug-likeness (QED) is 0.770. The summed E-state index contributed by atoms with van der Waals surface area (Å²) >= 11 is 0. The number of methoxy groups -OCH3 is 1. The fourth-order valence-electron chi connectivity index (χ4n) is 2.56. The van der Waals surface area contributed by atoms with E-state index >= 15 is 0 Å². The first-order valence-corrected chi connectivity index (χ1v) is 6.68. The Bertz CT molecular complexity index is 631. The van der Waals surface area contributed by atoms with E-state index in [1.807, 2.05) is 12.1 Å². The number of ether oxygens (including phenoxy) is 1. The van der Waals surface area contributed by atoms with E-state index in [2.05, 4.69) is 19.9 Å². The van der Waals surface area contributed by atoms with Gasteiger partial charge in [-0.2, -0.15) is 0 Å². The van der Waals surface area contributed by atoms with Gasteiger partial charge in [0.1, 0.15) is 11.3 Å². The maximum absolute atomic E-state index is 11.7.